The van der Waals surface area contributed by atoms with Gasteiger partial charge >= 0.3 is 0 Å². The summed E-state index contributed by atoms with van der Waals surface area (Å²) in [6.45, 7) is 0. The first-order valence-corrected chi connectivity index (χ1v) is 12.7. The van der Waals surface area contributed by atoms with E-state index in [1.807, 2.05) is 42.7 Å². The Morgan fingerprint density at radius 3 is 1.92 bits per heavy atom. The fourth-order valence-electron chi connectivity index (χ4n) is 5.71. The molecular formula is C34H21N3O. The number of fused-ring (bicyclic) bond motifs is 6. The van der Waals surface area contributed by atoms with Gasteiger partial charge in [0.15, 0.2) is 5.58 Å². The molecule has 8 aromatic rings. The SMILES string of the molecule is c1ccc(-n2c3ccccc3c3ccccc32)c(-c2ncccc2-c2nccc3c2oc2ccccc23)c1. The molecule has 0 saturated heterocycles. The van der Waals surface area contributed by atoms with Crippen molar-refractivity contribution in [1.29, 1.82) is 0 Å². The number of hydrogen-bond donors (Lipinski definition) is 0. The van der Waals surface area contributed by atoms with Crippen LogP contribution in [0.5, 0.6) is 0 Å². The van der Waals surface area contributed by atoms with Gasteiger partial charge in [0.25, 0.3) is 0 Å². The predicted molar refractivity (Wildman–Crippen MR) is 155 cm³/mol. The largest absolute Gasteiger partial charge is 0.454 e. The van der Waals surface area contributed by atoms with E-state index in [1.54, 1.807) is 0 Å². The molecule has 0 aliphatic carbocycles. The fourth-order valence-corrected chi connectivity index (χ4v) is 5.71. The van der Waals surface area contributed by atoms with Gasteiger partial charge in [0.2, 0.25) is 0 Å². The molecule has 4 heterocycles. The Kier molecular flexibility index (Phi) is 4.49. The molecule has 0 atom stereocenters. The normalized spacial score (nSPS) is 11.7. The first-order valence-electron chi connectivity index (χ1n) is 12.7. The maximum atomic E-state index is 6.35. The van der Waals surface area contributed by atoms with Crippen LogP contribution in [0.15, 0.2) is 132 Å². The van der Waals surface area contributed by atoms with E-state index in [4.69, 9.17) is 14.4 Å². The van der Waals surface area contributed by atoms with Gasteiger partial charge in [-0.25, -0.2) is 0 Å². The topological polar surface area (TPSA) is 43.9 Å². The molecule has 0 N–H and O–H groups in total. The van der Waals surface area contributed by atoms with Crippen LogP contribution >= 0.6 is 0 Å². The first-order chi connectivity index (χ1) is 18.9. The van der Waals surface area contributed by atoms with Crippen LogP contribution in [0.25, 0.3) is 71.9 Å². The molecule has 0 radical (unpaired) electrons. The Labute approximate surface area is 218 Å². The zero-order valence-corrected chi connectivity index (χ0v) is 20.4. The van der Waals surface area contributed by atoms with Crippen LogP contribution in [0.4, 0.5) is 0 Å². The van der Waals surface area contributed by atoms with Gasteiger partial charge in [0, 0.05) is 45.1 Å². The van der Waals surface area contributed by atoms with E-state index in [2.05, 4.69) is 89.5 Å². The van der Waals surface area contributed by atoms with Gasteiger partial charge in [0.05, 0.1) is 22.4 Å². The Morgan fingerprint density at radius 1 is 0.474 bits per heavy atom. The molecule has 0 aliphatic rings. The Hall–Kier alpha value is -5.22. The molecule has 4 heteroatoms. The molecule has 178 valence electrons. The van der Waals surface area contributed by atoms with E-state index < -0.39 is 0 Å². The number of nitrogens with zero attached hydrogens (tertiary/aromatic N) is 3. The van der Waals surface area contributed by atoms with Crippen LogP contribution in [-0.4, -0.2) is 14.5 Å². The van der Waals surface area contributed by atoms with Crippen molar-refractivity contribution in [3.63, 3.8) is 0 Å². The summed E-state index contributed by atoms with van der Waals surface area (Å²) in [6, 6.07) is 39.8. The highest BCUT2D eigenvalue weighted by Gasteiger charge is 2.20. The third kappa shape index (κ3) is 2.98. The van der Waals surface area contributed by atoms with Crippen LogP contribution in [0, 0.1) is 0 Å². The summed E-state index contributed by atoms with van der Waals surface area (Å²) in [6.07, 6.45) is 3.70. The number of hydrogen-bond acceptors (Lipinski definition) is 3. The zero-order valence-electron chi connectivity index (χ0n) is 20.4. The summed E-state index contributed by atoms with van der Waals surface area (Å²) in [5.74, 6) is 0. The molecule has 0 aliphatic heterocycles. The number of para-hydroxylation sites is 4. The highest BCUT2D eigenvalue weighted by atomic mass is 16.3. The standard InChI is InChI=1S/C34H21N3O/c1-5-15-28-22(10-1)23-11-2-6-16-29(23)37(28)30-17-7-3-13-26(30)32-27(14-9-20-35-32)33-34-25(19-21-36-33)24-12-4-8-18-31(24)38-34/h1-21H. The number of pyridine rings is 2. The van der Waals surface area contributed by atoms with E-state index in [1.165, 1.54) is 10.8 Å². The van der Waals surface area contributed by atoms with Gasteiger partial charge in [-0.15, -0.1) is 0 Å². The Morgan fingerprint density at radius 2 is 1.11 bits per heavy atom. The molecule has 4 nitrogen and oxygen atoms in total. The van der Waals surface area contributed by atoms with Crippen molar-refractivity contribution in [3.05, 3.63) is 128 Å². The molecule has 0 amide bonds. The van der Waals surface area contributed by atoms with Gasteiger partial charge in [-0.05, 0) is 42.5 Å². The average Bonchev–Trinajstić information content (AvgIpc) is 3.53. The van der Waals surface area contributed by atoms with Gasteiger partial charge in [-0.3, -0.25) is 9.97 Å². The Bertz CT molecular complexity index is 2100. The van der Waals surface area contributed by atoms with Crippen molar-refractivity contribution >= 4 is 43.7 Å². The van der Waals surface area contributed by atoms with Crippen LogP contribution < -0.4 is 0 Å². The minimum Gasteiger partial charge on any atom is -0.454 e. The molecular weight excluding hydrogens is 466 g/mol. The molecule has 0 unspecified atom stereocenters. The van der Waals surface area contributed by atoms with Gasteiger partial charge < -0.3 is 8.98 Å². The van der Waals surface area contributed by atoms with Gasteiger partial charge in [-0.2, -0.15) is 0 Å². The summed E-state index contributed by atoms with van der Waals surface area (Å²) >= 11 is 0. The number of benzene rings is 4. The first kappa shape index (κ1) is 20.9. The molecule has 0 bridgehead atoms. The molecule has 0 fully saturated rings. The lowest BCUT2D eigenvalue weighted by atomic mass is 10.00. The lowest BCUT2D eigenvalue weighted by molar-refractivity contribution is 0.668. The number of furan rings is 1. The molecule has 0 spiro atoms. The second-order valence-corrected chi connectivity index (χ2v) is 9.42. The Balaban J connectivity index is 1.43. The number of rotatable bonds is 3. The quantitative estimate of drug-likeness (QED) is 0.250. The summed E-state index contributed by atoms with van der Waals surface area (Å²) < 4.78 is 8.69. The van der Waals surface area contributed by atoms with Crippen molar-refractivity contribution in [2.24, 2.45) is 0 Å². The van der Waals surface area contributed by atoms with Crippen molar-refractivity contribution in [2.75, 3.05) is 0 Å². The fraction of sp³-hybridized carbons (Fsp3) is 0. The van der Waals surface area contributed by atoms with E-state index in [-0.39, 0.29) is 0 Å². The zero-order chi connectivity index (χ0) is 25.1. The minimum atomic E-state index is 0.775. The molecule has 0 saturated carbocycles. The molecule has 38 heavy (non-hydrogen) atoms. The average molecular weight is 488 g/mol. The third-order valence-corrected chi connectivity index (χ3v) is 7.34. The maximum Gasteiger partial charge on any atom is 0.161 e. The maximum absolute atomic E-state index is 6.35. The molecule has 8 rings (SSSR count). The predicted octanol–water partition coefficient (Wildman–Crippen LogP) is 8.81. The smallest absolute Gasteiger partial charge is 0.161 e. The second-order valence-electron chi connectivity index (χ2n) is 9.42. The van der Waals surface area contributed by atoms with Crippen LogP contribution in [-0.2, 0) is 0 Å². The highest BCUT2D eigenvalue weighted by molar-refractivity contribution is 6.11. The second kappa shape index (κ2) is 8.15. The van der Waals surface area contributed by atoms with Gasteiger partial charge in [0.1, 0.15) is 11.3 Å². The van der Waals surface area contributed by atoms with Crippen molar-refractivity contribution in [1.82, 2.24) is 14.5 Å². The summed E-state index contributed by atoms with van der Waals surface area (Å²) in [4.78, 5) is 9.73. The lowest BCUT2D eigenvalue weighted by Gasteiger charge is -2.15. The number of aromatic nitrogens is 3. The molecule has 4 aromatic carbocycles. The van der Waals surface area contributed by atoms with Crippen molar-refractivity contribution < 1.29 is 4.42 Å². The molecule has 4 aromatic heterocycles. The van der Waals surface area contributed by atoms with E-state index in [9.17, 15) is 0 Å². The lowest BCUT2D eigenvalue weighted by Crippen LogP contribution is -1.99. The van der Waals surface area contributed by atoms with Crippen molar-refractivity contribution in [2.45, 2.75) is 0 Å². The third-order valence-electron chi connectivity index (χ3n) is 7.34. The van der Waals surface area contributed by atoms with Crippen LogP contribution in [0.1, 0.15) is 0 Å². The summed E-state index contributed by atoms with van der Waals surface area (Å²) in [5.41, 5.74) is 8.65. The minimum absolute atomic E-state index is 0.775. The van der Waals surface area contributed by atoms with Crippen LogP contribution in [0.2, 0.25) is 0 Å². The monoisotopic (exact) mass is 487 g/mol. The van der Waals surface area contributed by atoms with E-state index >= 15 is 0 Å². The summed E-state index contributed by atoms with van der Waals surface area (Å²) in [5, 5.41) is 4.60. The van der Waals surface area contributed by atoms with Gasteiger partial charge in [-0.1, -0.05) is 72.8 Å². The highest BCUT2D eigenvalue weighted by Crippen LogP contribution is 2.40. The summed E-state index contributed by atoms with van der Waals surface area (Å²) in [7, 11) is 0. The van der Waals surface area contributed by atoms with E-state index in [0.29, 0.717) is 0 Å². The van der Waals surface area contributed by atoms with Crippen LogP contribution in [0.3, 0.4) is 0 Å². The van der Waals surface area contributed by atoms with Crippen molar-refractivity contribution in [3.8, 4) is 28.2 Å². The van der Waals surface area contributed by atoms with E-state index in [0.717, 1.165) is 61.2 Å².